The second-order valence-corrected chi connectivity index (χ2v) is 8.30. The molecule has 0 heterocycles. The minimum absolute atomic E-state index is 0.00979. The Hall–Kier alpha value is -1.59. The van der Waals surface area contributed by atoms with E-state index in [4.69, 9.17) is 0 Å². The molecule has 1 aromatic rings. The first-order valence-electron chi connectivity index (χ1n) is 8.94. The van der Waals surface area contributed by atoms with Crippen LogP contribution in [0.1, 0.15) is 78.2 Å². The molecule has 0 unspecified atom stereocenters. The quantitative estimate of drug-likeness (QED) is 0.684. The van der Waals surface area contributed by atoms with Crippen LogP contribution < -0.4 is 5.32 Å². The van der Waals surface area contributed by atoms with Crippen molar-refractivity contribution in [2.24, 2.45) is 0 Å². The van der Waals surface area contributed by atoms with Gasteiger partial charge in [-0.1, -0.05) is 31.2 Å². The Labute approximate surface area is 152 Å². The van der Waals surface area contributed by atoms with Crippen LogP contribution in [0.25, 0.3) is 0 Å². The monoisotopic (exact) mass is 350 g/mol. The fourth-order valence-corrected chi connectivity index (χ4v) is 2.80. The first-order valence-corrected chi connectivity index (χ1v) is 8.94. The molecule has 0 saturated carbocycles. The van der Waals surface area contributed by atoms with Gasteiger partial charge in [-0.3, -0.25) is 4.90 Å². The van der Waals surface area contributed by atoms with Gasteiger partial charge in [0.15, 0.2) is 0 Å². The summed E-state index contributed by atoms with van der Waals surface area (Å²) in [6.45, 7) is 14.4. The SMILES string of the molecule is CCC(C)(C)NC[C@@H](O)c1ccc([C@H](C)N(C(=O)O)C(C)(C)C)cc1. The van der Waals surface area contributed by atoms with Crippen LogP contribution in [0.4, 0.5) is 4.79 Å². The standard InChI is InChI=1S/C20H34N2O3/c1-8-20(6,7)21-13-17(23)16-11-9-15(10-12-16)14(2)22(18(24)25)19(3,4)5/h9-12,14,17,21,23H,8,13H2,1-7H3,(H,24,25)/t14-,17+/m0/s1. The molecule has 5 nitrogen and oxygen atoms in total. The van der Waals surface area contributed by atoms with E-state index in [-0.39, 0.29) is 11.6 Å². The van der Waals surface area contributed by atoms with E-state index in [1.165, 1.54) is 4.90 Å². The molecule has 0 aliphatic carbocycles. The Morgan fingerprint density at radius 2 is 1.60 bits per heavy atom. The van der Waals surface area contributed by atoms with Crippen molar-refractivity contribution in [3.05, 3.63) is 35.4 Å². The van der Waals surface area contributed by atoms with Crippen LogP contribution in [-0.4, -0.2) is 38.8 Å². The molecule has 2 atom stereocenters. The van der Waals surface area contributed by atoms with E-state index in [0.29, 0.717) is 6.54 Å². The van der Waals surface area contributed by atoms with Crippen molar-refractivity contribution in [3.63, 3.8) is 0 Å². The summed E-state index contributed by atoms with van der Waals surface area (Å²) in [7, 11) is 0. The normalized spacial score (nSPS) is 14.9. The number of aliphatic hydroxyl groups excluding tert-OH is 1. The third kappa shape index (κ3) is 6.01. The molecule has 3 N–H and O–H groups in total. The Kier molecular flexibility index (Phi) is 7.03. The highest BCUT2D eigenvalue weighted by molar-refractivity contribution is 5.66. The van der Waals surface area contributed by atoms with Crippen molar-refractivity contribution < 1.29 is 15.0 Å². The smallest absolute Gasteiger partial charge is 0.408 e. The highest BCUT2D eigenvalue weighted by Crippen LogP contribution is 2.29. The van der Waals surface area contributed by atoms with Crippen LogP contribution in [0, 0.1) is 0 Å². The summed E-state index contributed by atoms with van der Waals surface area (Å²) >= 11 is 0. The number of β-amino-alcohol motifs (C(OH)–C–C–N with tert-alkyl or cyclic N) is 1. The third-order valence-corrected chi connectivity index (χ3v) is 4.78. The van der Waals surface area contributed by atoms with Crippen molar-refractivity contribution in [1.29, 1.82) is 0 Å². The molecule has 5 heteroatoms. The number of rotatable bonds is 7. The summed E-state index contributed by atoms with van der Waals surface area (Å²) in [6, 6.07) is 7.28. The molecule has 0 fully saturated rings. The van der Waals surface area contributed by atoms with Gasteiger partial charge in [0.2, 0.25) is 0 Å². The zero-order valence-electron chi connectivity index (χ0n) is 16.6. The lowest BCUT2D eigenvalue weighted by Crippen LogP contribution is -2.46. The van der Waals surface area contributed by atoms with Gasteiger partial charge >= 0.3 is 6.09 Å². The maximum absolute atomic E-state index is 11.6. The number of aliphatic hydroxyl groups is 1. The molecule has 1 amide bonds. The summed E-state index contributed by atoms with van der Waals surface area (Å²) in [6.07, 6.45) is -0.544. The topological polar surface area (TPSA) is 72.8 Å². The van der Waals surface area contributed by atoms with Gasteiger partial charge in [-0.05, 0) is 59.1 Å². The third-order valence-electron chi connectivity index (χ3n) is 4.78. The van der Waals surface area contributed by atoms with E-state index in [1.54, 1.807) is 0 Å². The van der Waals surface area contributed by atoms with E-state index in [1.807, 2.05) is 52.0 Å². The van der Waals surface area contributed by atoms with E-state index >= 15 is 0 Å². The number of hydrogen-bond donors (Lipinski definition) is 3. The van der Waals surface area contributed by atoms with Crippen LogP contribution in [0.5, 0.6) is 0 Å². The average Bonchev–Trinajstić information content (AvgIpc) is 2.51. The van der Waals surface area contributed by atoms with Gasteiger partial charge in [0.05, 0.1) is 12.1 Å². The summed E-state index contributed by atoms with van der Waals surface area (Å²) in [4.78, 5) is 13.1. The fraction of sp³-hybridized carbons (Fsp3) is 0.650. The van der Waals surface area contributed by atoms with Crippen LogP contribution in [0.15, 0.2) is 24.3 Å². The van der Waals surface area contributed by atoms with Gasteiger partial charge in [-0.2, -0.15) is 0 Å². The fourth-order valence-electron chi connectivity index (χ4n) is 2.80. The lowest BCUT2D eigenvalue weighted by Gasteiger charge is -2.38. The van der Waals surface area contributed by atoms with Gasteiger partial charge in [0.1, 0.15) is 0 Å². The Morgan fingerprint density at radius 1 is 1.12 bits per heavy atom. The molecule has 0 aliphatic heterocycles. The lowest BCUT2D eigenvalue weighted by molar-refractivity contribution is 0.0752. The van der Waals surface area contributed by atoms with Crippen LogP contribution in [-0.2, 0) is 0 Å². The Bertz CT molecular complexity index is 561. The summed E-state index contributed by atoms with van der Waals surface area (Å²) in [5, 5.41) is 23.3. The average molecular weight is 351 g/mol. The number of carboxylic acid groups (broad SMARTS) is 1. The van der Waals surface area contributed by atoms with Crippen molar-refractivity contribution in [2.75, 3.05) is 6.54 Å². The molecule has 0 aliphatic rings. The second-order valence-electron chi connectivity index (χ2n) is 8.30. The van der Waals surface area contributed by atoms with E-state index in [9.17, 15) is 15.0 Å². The number of nitrogens with one attached hydrogen (secondary N) is 1. The Morgan fingerprint density at radius 3 is 2.00 bits per heavy atom. The van der Waals surface area contributed by atoms with Crippen LogP contribution >= 0.6 is 0 Å². The zero-order valence-corrected chi connectivity index (χ0v) is 16.6. The predicted molar refractivity (Wildman–Crippen MR) is 102 cm³/mol. The molecule has 0 spiro atoms. The number of hydrogen-bond acceptors (Lipinski definition) is 3. The minimum Gasteiger partial charge on any atom is -0.465 e. The zero-order chi connectivity index (χ0) is 19.4. The number of carbonyl (C=O) groups is 1. The molecule has 0 radical (unpaired) electrons. The summed E-state index contributed by atoms with van der Waals surface area (Å²) in [5.74, 6) is 0. The van der Waals surface area contributed by atoms with E-state index < -0.39 is 17.7 Å². The molecule has 0 bridgehead atoms. The first-order chi connectivity index (χ1) is 11.4. The van der Waals surface area contributed by atoms with Gasteiger partial charge in [0, 0.05) is 17.6 Å². The lowest BCUT2D eigenvalue weighted by atomic mass is 9.97. The maximum atomic E-state index is 11.6. The van der Waals surface area contributed by atoms with Crippen molar-refractivity contribution in [3.8, 4) is 0 Å². The van der Waals surface area contributed by atoms with Gasteiger partial charge in [-0.15, -0.1) is 0 Å². The molecule has 1 rings (SSSR count). The molecular formula is C20H34N2O3. The highest BCUT2D eigenvalue weighted by Gasteiger charge is 2.31. The van der Waals surface area contributed by atoms with Crippen LogP contribution in [0.2, 0.25) is 0 Å². The van der Waals surface area contributed by atoms with Gasteiger partial charge in [-0.25, -0.2) is 4.79 Å². The maximum Gasteiger partial charge on any atom is 0.408 e. The molecule has 0 saturated heterocycles. The molecular weight excluding hydrogens is 316 g/mol. The van der Waals surface area contributed by atoms with Crippen molar-refractivity contribution in [2.45, 2.75) is 78.1 Å². The Balaban J connectivity index is 2.86. The molecule has 25 heavy (non-hydrogen) atoms. The van der Waals surface area contributed by atoms with Gasteiger partial charge < -0.3 is 15.5 Å². The number of nitrogens with zero attached hydrogens (tertiary/aromatic N) is 1. The first kappa shape index (κ1) is 21.5. The van der Waals surface area contributed by atoms with E-state index in [0.717, 1.165) is 17.5 Å². The summed E-state index contributed by atoms with van der Waals surface area (Å²) in [5.41, 5.74) is 1.24. The largest absolute Gasteiger partial charge is 0.465 e. The predicted octanol–water partition coefficient (Wildman–Crippen LogP) is 4.34. The summed E-state index contributed by atoms with van der Waals surface area (Å²) < 4.78 is 0. The number of amides is 1. The minimum atomic E-state index is -0.935. The van der Waals surface area contributed by atoms with Crippen molar-refractivity contribution in [1.82, 2.24) is 10.2 Å². The molecule has 0 aromatic heterocycles. The van der Waals surface area contributed by atoms with Gasteiger partial charge in [0.25, 0.3) is 0 Å². The number of benzene rings is 1. The molecule has 1 aromatic carbocycles. The molecule has 142 valence electrons. The van der Waals surface area contributed by atoms with Crippen LogP contribution in [0.3, 0.4) is 0 Å². The van der Waals surface area contributed by atoms with Crippen molar-refractivity contribution >= 4 is 6.09 Å². The highest BCUT2D eigenvalue weighted by atomic mass is 16.4. The van der Waals surface area contributed by atoms with E-state index in [2.05, 4.69) is 26.1 Å². The second kappa shape index (κ2) is 8.19.